The van der Waals surface area contributed by atoms with E-state index in [4.69, 9.17) is 23.2 Å². The number of benzene rings is 1. The van der Waals surface area contributed by atoms with Crippen molar-refractivity contribution in [3.8, 4) is 11.3 Å². The average molecular weight is 568 g/mol. The zero-order valence-electron chi connectivity index (χ0n) is 20.9. The Kier molecular flexibility index (Phi) is 9.39. The van der Waals surface area contributed by atoms with Crippen LogP contribution in [-0.4, -0.2) is 63.9 Å². The second-order valence-electron chi connectivity index (χ2n) is 9.65. The van der Waals surface area contributed by atoms with Gasteiger partial charge in [0.05, 0.1) is 16.1 Å². The first-order chi connectivity index (χ1) is 17.8. The van der Waals surface area contributed by atoms with Crippen LogP contribution in [0.5, 0.6) is 0 Å². The van der Waals surface area contributed by atoms with Crippen LogP contribution in [0.2, 0.25) is 10.0 Å². The number of hydrogen-bond acceptors (Lipinski definition) is 7. The number of hydrogen-bond donors (Lipinski definition) is 3. The molecule has 4 rings (SSSR count). The van der Waals surface area contributed by atoms with E-state index < -0.39 is 18.1 Å². The molecular formula is C25H32Cl2N6O3S. The van der Waals surface area contributed by atoms with Crippen LogP contribution in [0.4, 0.5) is 5.00 Å². The smallest absolute Gasteiger partial charge is 0.247 e. The van der Waals surface area contributed by atoms with Gasteiger partial charge < -0.3 is 20.9 Å². The number of nitrogens with zero attached hydrogens (tertiary/aromatic N) is 3. The summed E-state index contributed by atoms with van der Waals surface area (Å²) < 4.78 is 4.00. The van der Waals surface area contributed by atoms with Gasteiger partial charge in [0.1, 0.15) is 22.8 Å². The van der Waals surface area contributed by atoms with E-state index in [2.05, 4.69) is 25.5 Å². The lowest BCUT2D eigenvalue weighted by Gasteiger charge is -2.35. The van der Waals surface area contributed by atoms with E-state index in [-0.39, 0.29) is 23.6 Å². The number of amides is 3. The largest absolute Gasteiger partial charge is 0.343 e. The molecule has 1 saturated carbocycles. The zero-order chi connectivity index (χ0) is 26.5. The predicted molar refractivity (Wildman–Crippen MR) is 146 cm³/mol. The van der Waals surface area contributed by atoms with E-state index in [1.54, 1.807) is 37.1 Å². The third kappa shape index (κ3) is 6.42. The third-order valence-electron chi connectivity index (χ3n) is 7.27. The first kappa shape index (κ1) is 27.8. The summed E-state index contributed by atoms with van der Waals surface area (Å²) in [5.41, 5.74) is 1.16. The molecule has 1 aliphatic heterocycles. The fourth-order valence-electron chi connectivity index (χ4n) is 5.04. The number of anilines is 1. The monoisotopic (exact) mass is 566 g/mol. The standard InChI is InChI=1S/C25H32Cl2N6O3S/c1-14(28-2)22(34)29-21(15-7-4-3-5-8-15)25(36)33-12-6-9-19(33)23(35)30-24-20(31-32-37-24)16-10-11-17(26)18(27)13-16/h10-11,13-15,19,21,28H,3-9,12H2,1-2H3,(H,29,34)(H,30,35)/t14-,19-,21-/m0/s1. The van der Waals surface area contributed by atoms with Gasteiger partial charge in [-0.2, -0.15) is 0 Å². The third-order valence-corrected chi connectivity index (χ3v) is 8.65. The Hall–Kier alpha value is -2.27. The van der Waals surface area contributed by atoms with E-state index in [1.165, 1.54) is 0 Å². The highest BCUT2D eigenvalue weighted by atomic mass is 35.5. The van der Waals surface area contributed by atoms with E-state index in [1.807, 2.05) is 0 Å². The van der Waals surface area contributed by atoms with E-state index in [0.29, 0.717) is 45.7 Å². The quantitative estimate of drug-likeness (QED) is 0.442. The number of likely N-dealkylation sites (tertiary alicyclic amines) is 1. The number of halogens is 2. The number of carbonyl (C=O) groups excluding carboxylic acids is 3. The molecule has 0 spiro atoms. The van der Waals surface area contributed by atoms with Crippen LogP contribution >= 0.6 is 34.7 Å². The van der Waals surface area contributed by atoms with Gasteiger partial charge in [-0.25, -0.2) is 0 Å². The molecule has 3 amide bonds. The summed E-state index contributed by atoms with van der Waals surface area (Å²) in [6.07, 6.45) is 6.23. The SMILES string of the molecule is CN[C@@H](C)C(=O)N[C@H](C(=O)N1CCC[C@H]1C(=O)Nc1snnc1-c1ccc(Cl)c(Cl)c1)C1CCCCC1. The van der Waals surface area contributed by atoms with Crippen LogP contribution in [0.15, 0.2) is 18.2 Å². The number of likely N-dealkylation sites (N-methyl/N-ethyl adjacent to an activating group) is 1. The fraction of sp³-hybridized carbons (Fsp3) is 0.560. The lowest BCUT2D eigenvalue weighted by molar-refractivity contribution is -0.142. The van der Waals surface area contributed by atoms with Crippen LogP contribution in [0.1, 0.15) is 51.9 Å². The van der Waals surface area contributed by atoms with Crippen LogP contribution in [-0.2, 0) is 14.4 Å². The molecule has 2 heterocycles. The molecule has 3 atom stereocenters. The molecule has 0 unspecified atom stereocenters. The number of carbonyl (C=O) groups is 3. The Morgan fingerprint density at radius 3 is 2.54 bits per heavy atom. The molecule has 3 N–H and O–H groups in total. The minimum atomic E-state index is -0.645. The van der Waals surface area contributed by atoms with Crippen molar-refractivity contribution in [2.24, 2.45) is 5.92 Å². The van der Waals surface area contributed by atoms with Crippen molar-refractivity contribution in [3.63, 3.8) is 0 Å². The van der Waals surface area contributed by atoms with Crippen LogP contribution in [0, 0.1) is 5.92 Å². The van der Waals surface area contributed by atoms with Gasteiger partial charge in [-0.3, -0.25) is 14.4 Å². The van der Waals surface area contributed by atoms with Gasteiger partial charge in [0.15, 0.2) is 0 Å². The lowest BCUT2D eigenvalue weighted by Crippen LogP contribution is -2.57. The molecule has 1 aromatic heterocycles. The van der Waals surface area contributed by atoms with Gasteiger partial charge in [0, 0.05) is 23.6 Å². The Morgan fingerprint density at radius 2 is 1.84 bits per heavy atom. The molecule has 1 aliphatic carbocycles. The molecule has 2 fully saturated rings. The van der Waals surface area contributed by atoms with Gasteiger partial charge in [-0.05, 0) is 57.7 Å². The van der Waals surface area contributed by atoms with Gasteiger partial charge in [0.25, 0.3) is 0 Å². The van der Waals surface area contributed by atoms with Crippen molar-refractivity contribution >= 4 is 57.5 Å². The molecule has 2 aliphatic rings. The molecule has 1 saturated heterocycles. The topological polar surface area (TPSA) is 116 Å². The molecule has 37 heavy (non-hydrogen) atoms. The van der Waals surface area contributed by atoms with E-state index in [0.717, 1.165) is 43.6 Å². The van der Waals surface area contributed by atoms with Crippen molar-refractivity contribution in [2.75, 3.05) is 18.9 Å². The summed E-state index contributed by atoms with van der Waals surface area (Å²) in [4.78, 5) is 41.6. The average Bonchev–Trinajstić information content (AvgIpc) is 3.58. The van der Waals surface area contributed by atoms with Crippen LogP contribution in [0.3, 0.4) is 0 Å². The maximum absolute atomic E-state index is 13.8. The van der Waals surface area contributed by atoms with Crippen LogP contribution < -0.4 is 16.0 Å². The van der Waals surface area contributed by atoms with Crippen molar-refractivity contribution in [2.45, 2.75) is 70.0 Å². The van der Waals surface area contributed by atoms with Gasteiger partial charge in [0.2, 0.25) is 17.7 Å². The molecule has 1 aromatic carbocycles. The summed E-state index contributed by atoms with van der Waals surface area (Å²) in [6, 6.07) is 3.39. The maximum Gasteiger partial charge on any atom is 0.247 e. The van der Waals surface area contributed by atoms with Gasteiger partial charge in [-0.1, -0.05) is 53.0 Å². The molecular weight excluding hydrogens is 535 g/mol. The molecule has 200 valence electrons. The summed E-state index contributed by atoms with van der Waals surface area (Å²) in [6.45, 7) is 2.23. The highest BCUT2D eigenvalue weighted by molar-refractivity contribution is 7.10. The summed E-state index contributed by atoms with van der Waals surface area (Å²) in [7, 11) is 1.71. The van der Waals surface area contributed by atoms with Crippen LogP contribution in [0.25, 0.3) is 11.3 Å². The molecule has 0 radical (unpaired) electrons. The Labute approximate surface area is 230 Å². The fourth-order valence-corrected chi connectivity index (χ4v) is 5.93. The van der Waals surface area contributed by atoms with Crippen molar-refractivity contribution < 1.29 is 14.4 Å². The first-order valence-corrected chi connectivity index (χ1v) is 14.2. The molecule has 12 heteroatoms. The summed E-state index contributed by atoms with van der Waals surface area (Å²) in [5, 5.41) is 14.3. The second-order valence-corrected chi connectivity index (χ2v) is 11.2. The zero-order valence-corrected chi connectivity index (χ0v) is 23.3. The molecule has 2 aromatic rings. The van der Waals surface area contributed by atoms with Crippen molar-refractivity contribution in [3.05, 3.63) is 28.2 Å². The van der Waals surface area contributed by atoms with E-state index >= 15 is 0 Å². The van der Waals surface area contributed by atoms with Crippen molar-refractivity contribution in [1.29, 1.82) is 0 Å². The summed E-state index contributed by atoms with van der Waals surface area (Å²) >= 11 is 13.3. The highest BCUT2D eigenvalue weighted by Gasteiger charge is 2.41. The van der Waals surface area contributed by atoms with Crippen molar-refractivity contribution in [1.82, 2.24) is 25.1 Å². The summed E-state index contributed by atoms with van der Waals surface area (Å²) in [5.74, 6) is -0.636. The van der Waals surface area contributed by atoms with E-state index in [9.17, 15) is 14.4 Å². The Balaban J connectivity index is 1.51. The minimum Gasteiger partial charge on any atom is -0.343 e. The number of nitrogens with one attached hydrogen (secondary N) is 3. The lowest BCUT2D eigenvalue weighted by atomic mass is 9.83. The maximum atomic E-state index is 13.8. The first-order valence-electron chi connectivity index (χ1n) is 12.7. The van der Waals surface area contributed by atoms with Gasteiger partial charge >= 0.3 is 0 Å². The molecule has 9 nitrogen and oxygen atoms in total. The Morgan fingerprint density at radius 1 is 1.08 bits per heavy atom. The predicted octanol–water partition coefficient (Wildman–Crippen LogP) is 4.11. The van der Waals surface area contributed by atoms with Gasteiger partial charge in [-0.15, -0.1) is 5.10 Å². The molecule has 0 bridgehead atoms. The Bertz CT molecular complexity index is 1140. The minimum absolute atomic E-state index is 0.0607. The number of rotatable bonds is 8. The normalized spacial score (nSPS) is 19.9. The highest BCUT2D eigenvalue weighted by Crippen LogP contribution is 2.34. The second kappa shape index (κ2) is 12.5. The number of aromatic nitrogens is 2.